The van der Waals surface area contributed by atoms with Crippen LogP contribution in [0.2, 0.25) is 0 Å². The van der Waals surface area contributed by atoms with Gasteiger partial charge in [-0.25, -0.2) is 0 Å². The molecule has 1 saturated carbocycles. The van der Waals surface area contributed by atoms with E-state index >= 15 is 0 Å². The molecule has 18 heavy (non-hydrogen) atoms. The van der Waals surface area contributed by atoms with E-state index in [0.29, 0.717) is 5.54 Å². The number of nitrogens with zero attached hydrogens (tertiary/aromatic N) is 3. The zero-order valence-corrected chi connectivity index (χ0v) is 12.2. The van der Waals surface area contributed by atoms with E-state index in [1.54, 1.807) is 0 Å². The first kappa shape index (κ1) is 13.7. The molecule has 0 atom stereocenters. The lowest BCUT2D eigenvalue weighted by Crippen LogP contribution is -2.53. The highest BCUT2D eigenvalue weighted by atomic mass is 15.3. The Balaban J connectivity index is 1.92. The van der Waals surface area contributed by atoms with E-state index in [0.717, 1.165) is 25.6 Å². The minimum Gasteiger partial charge on any atom is -0.354 e. The van der Waals surface area contributed by atoms with Gasteiger partial charge in [-0.05, 0) is 39.8 Å². The van der Waals surface area contributed by atoms with Gasteiger partial charge in [-0.2, -0.15) is 0 Å². The molecule has 0 radical (unpaired) electrons. The van der Waals surface area contributed by atoms with Crippen molar-refractivity contribution in [3.05, 3.63) is 0 Å². The summed E-state index contributed by atoms with van der Waals surface area (Å²) in [4.78, 5) is 9.23. The third-order valence-corrected chi connectivity index (χ3v) is 4.68. The first-order chi connectivity index (χ1) is 8.68. The summed E-state index contributed by atoms with van der Waals surface area (Å²) in [5.74, 6) is 1.10. The van der Waals surface area contributed by atoms with E-state index in [9.17, 15) is 0 Å². The van der Waals surface area contributed by atoms with Crippen LogP contribution < -0.4 is 5.32 Å². The molecule has 2 aliphatic rings. The van der Waals surface area contributed by atoms with Crippen LogP contribution in [0, 0.1) is 0 Å². The van der Waals surface area contributed by atoms with E-state index in [2.05, 4.69) is 34.2 Å². The third kappa shape index (κ3) is 2.79. The maximum absolute atomic E-state index is 4.43. The Morgan fingerprint density at radius 1 is 1.17 bits per heavy atom. The molecule has 1 aliphatic heterocycles. The second-order valence-electron chi connectivity index (χ2n) is 5.92. The first-order valence-corrected chi connectivity index (χ1v) is 7.31. The molecule has 0 aromatic carbocycles. The molecule has 2 rings (SSSR count). The van der Waals surface area contributed by atoms with Crippen LogP contribution in [0.1, 0.15) is 38.5 Å². The predicted octanol–water partition coefficient (Wildman–Crippen LogP) is 1.53. The van der Waals surface area contributed by atoms with E-state index in [4.69, 9.17) is 0 Å². The van der Waals surface area contributed by atoms with Gasteiger partial charge in [0.25, 0.3) is 0 Å². The maximum atomic E-state index is 4.43. The van der Waals surface area contributed by atoms with Crippen molar-refractivity contribution in [2.45, 2.75) is 44.1 Å². The Hall–Kier alpha value is -0.770. The summed E-state index contributed by atoms with van der Waals surface area (Å²) < 4.78 is 0. The van der Waals surface area contributed by atoms with Crippen molar-refractivity contribution in [2.75, 3.05) is 40.8 Å². The van der Waals surface area contributed by atoms with Gasteiger partial charge in [0.15, 0.2) is 5.96 Å². The number of rotatable bonds is 3. The van der Waals surface area contributed by atoms with Crippen LogP contribution >= 0.6 is 0 Å². The fourth-order valence-corrected chi connectivity index (χ4v) is 3.32. The average molecular weight is 252 g/mol. The first-order valence-electron chi connectivity index (χ1n) is 7.31. The van der Waals surface area contributed by atoms with E-state index in [1.165, 1.54) is 38.5 Å². The van der Waals surface area contributed by atoms with Gasteiger partial charge in [-0.1, -0.05) is 12.8 Å². The number of aliphatic imine (C=N–C) groups is 1. The van der Waals surface area contributed by atoms with Crippen molar-refractivity contribution in [1.29, 1.82) is 0 Å². The lowest BCUT2D eigenvalue weighted by Gasteiger charge is -2.37. The Kier molecular flexibility index (Phi) is 4.49. The molecule has 4 nitrogen and oxygen atoms in total. The predicted molar refractivity (Wildman–Crippen MR) is 77.1 cm³/mol. The van der Waals surface area contributed by atoms with Crippen molar-refractivity contribution in [2.24, 2.45) is 4.99 Å². The normalized spacial score (nSPS) is 24.0. The monoisotopic (exact) mass is 252 g/mol. The van der Waals surface area contributed by atoms with Crippen LogP contribution in [-0.4, -0.2) is 62.1 Å². The van der Waals surface area contributed by atoms with Crippen LogP contribution in [0.5, 0.6) is 0 Å². The second-order valence-corrected chi connectivity index (χ2v) is 5.92. The van der Waals surface area contributed by atoms with Crippen LogP contribution in [0.25, 0.3) is 0 Å². The van der Waals surface area contributed by atoms with E-state index in [1.807, 2.05) is 7.05 Å². The van der Waals surface area contributed by atoms with Crippen molar-refractivity contribution >= 4 is 5.96 Å². The molecule has 1 heterocycles. The second kappa shape index (κ2) is 5.91. The SMILES string of the molecule is CN=C(NCC1(N(C)C)CCCC1)N1CCCC1. The Morgan fingerprint density at radius 2 is 1.78 bits per heavy atom. The third-order valence-electron chi connectivity index (χ3n) is 4.68. The highest BCUT2D eigenvalue weighted by Crippen LogP contribution is 2.33. The molecule has 1 N–H and O–H groups in total. The Bertz CT molecular complexity index is 286. The summed E-state index contributed by atoms with van der Waals surface area (Å²) in [6.07, 6.45) is 7.96. The molecule has 0 spiro atoms. The zero-order valence-electron chi connectivity index (χ0n) is 12.2. The van der Waals surface area contributed by atoms with Crippen LogP contribution in [-0.2, 0) is 0 Å². The van der Waals surface area contributed by atoms with Crippen LogP contribution in [0.15, 0.2) is 4.99 Å². The van der Waals surface area contributed by atoms with Crippen molar-refractivity contribution in [3.63, 3.8) is 0 Å². The number of hydrogen-bond acceptors (Lipinski definition) is 2. The smallest absolute Gasteiger partial charge is 0.193 e. The van der Waals surface area contributed by atoms with Gasteiger partial charge in [-0.15, -0.1) is 0 Å². The number of guanidine groups is 1. The quantitative estimate of drug-likeness (QED) is 0.610. The summed E-state index contributed by atoms with van der Waals surface area (Å²) >= 11 is 0. The minimum atomic E-state index is 0.343. The fourth-order valence-electron chi connectivity index (χ4n) is 3.32. The highest BCUT2D eigenvalue weighted by molar-refractivity contribution is 5.80. The molecular formula is C14H28N4. The Labute approximate surface area is 111 Å². The molecule has 0 unspecified atom stereocenters. The van der Waals surface area contributed by atoms with Gasteiger partial charge >= 0.3 is 0 Å². The molecule has 1 saturated heterocycles. The lowest BCUT2D eigenvalue weighted by atomic mass is 9.96. The van der Waals surface area contributed by atoms with Gasteiger partial charge in [0.1, 0.15) is 0 Å². The number of likely N-dealkylation sites (N-methyl/N-ethyl adjacent to an activating group) is 1. The molecule has 0 bridgehead atoms. The summed E-state index contributed by atoms with van der Waals surface area (Å²) in [5, 5.41) is 3.61. The van der Waals surface area contributed by atoms with Gasteiger partial charge in [0.05, 0.1) is 0 Å². The number of hydrogen-bond donors (Lipinski definition) is 1. The largest absolute Gasteiger partial charge is 0.354 e. The molecule has 0 amide bonds. The summed E-state index contributed by atoms with van der Waals surface area (Å²) in [6.45, 7) is 3.35. The lowest BCUT2D eigenvalue weighted by molar-refractivity contribution is 0.159. The van der Waals surface area contributed by atoms with Crippen molar-refractivity contribution < 1.29 is 0 Å². The van der Waals surface area contributed by atoms with Gasteiger partial charge < -0.3 is 15.1 Å². The van der Waals surface area contributed by atoms with Gasteiger partial charge in [0.2, 0.25) is 0 Å². The molecule has 0 aromatic heterocycles. The summed E-state index contributed by atoms with van der Waals surface area (Å²) in [7, 11) is 6.33. The minimum absolute atomic E-state index is 0.343. The molecule has 104 valence electrons. The standard InChI is InChI=1S/C14H28N4/c1-15-13(18-10-6-7-11-18)16-12-14(17(2)3)8-4-5-9-14/h4-12H2,1-3H3,(H,15,16). The van der Waals surface area contributed by atoms with Crippen LogP contribution in [0.3, 0.4) is 0 Å². The van der Waals surface area contributed by atoms with Crippen LogP contribution in [0.4, 0.5) is 0 Å². The maximum Gasteiger partial charge on any atom is 0.193 e. The zero-order chi connectivity index (χ0) is 13.0. The molecular weight excluding hydrogens is 224 g/mol. The number of nitrogens with one attached hydrogen (secondary N) is 1. The Morgan fingerprint density at radius 3 is 2.28 bits per heavy atom. The molecule has 0 aromatic rings. The van der Waals surface area contributed by atoms with Crippen molar-refractivity contribution in [1.82, 2.24) is 15.1 Å². The summed E-state index contributed by atoms with van der Waals surface area (Å²) in [5.41, 5.74) is 0.343. The average Bonchev–Trinajstić information content (AvgIpc) is 3.00. The van der Waals surface area contributed by atoms with E-state index in [-0.39, 0.29) is 0 Å². The number of likely N-dealkylation sites (tertiary alicyclic amines) is 1. The topological polar surface area (TPSA) is 30.9 Å². The molecule has 1 aliphatic carbocycles. The van der Waals surface area contributed by atoms with Gasteiger partial charge in [0, 0.05) is 32.2 Å². The molecule has 4 heteroatoms. The van der Waals surface area contributed by atoms with Crippen molar-refractivity contribution in [3.8, 4) is 0 Å². The highest BCUT2D eigenvalue weighted by Gasteiger charge is 2.36. The van der Waals surface area contributed by atoms with E-state index < -0.39 is 0 Å². The van der Waals surface area contributed by atoms with Gasteiger partial charge in [-0.3, -0.25) is 4.99 Å². The summed E-state index contributed by atoms with van der Waals surface area (Å²) in [6, 6.07) is 0. The fraction of sp³-hybridized carbons (Fsp3) is 0.929. The molecule has 2 fully saturated rings.